The van der Waals surface area contributed by atoms with E-state index in [1.165, 1.54) is 0 Å². The number of hydrogen-bond acceptors (Lipinski definition) is 5. The van der Waals surface area contributed by atoms with Crippen LogP contribution in [-0.2, 0) is 16.1 Å². The molecule has 3 N–H and O–H groups in total. The SMILES string of the molecule is CC(C)(C)[C@H](O)CCNC(=O)C(=O)NCc1ccc2c(c1)OCO2. The zero-order valence-corrected chi connectivity index (χ0v) is 14.2. The fourth-order valence-electron chi connectivity index (χ4n) is 2.15. The molecule has 2 rings (SSSR count). The summed E-state index contributed by atoms with van der Waals surface area (Å²) in [6, 6.07) is 5.32. The Balaban J connectivity index is 1.73. The van der Waals surface area contributed by atoms with Crippen molar-refractivity contribution in [1.29, 1.82) is 0 Å². The molecule has 24 heavy (non-hydrogen) atoms. The summed E-state index contributed by atoms with van der Waals surface area (Å²) in [5.74, 6) is -0.127. The van der Waals surface area contributed by atoms with E-state index in [2.05, 4.69) is 10.6 Å². The normalized spacial score (nSPS) is 14.2. The van der Waals surface area contributed by atoms with E-state index in [9.17, 15) is 14.7 Å². The summed E-state index contributed by atoms with van der Waals surface area (Å²) in [5.41, 5.74) is 0.551. The van der Waals surface area contributed by atoms with Gasteiger partial charge in [0, 0.05) is 13.1 Å². The van der Waals surface area contributed by atoms with Crippen LogP contribution in [0.5, 0.6) is 11.5 Å². The van der Waals surface area contributed by atoms with Crippen molar-refractivity contribution in [2.45, 2.75) is 39.8 Å². The van der Waals surface area contributed by atoms with E-state index in [0.29, 0.717) is 17.9 Å². The number of nitrogens with one attached hydrogen (secondary N) is 2. The van der Waals surface area contributed by atoms with Crippen molar-refractivity contribution in [3.8, 4) is 11.5 Å². The van der Waals surface area contributed by atoms with Gasteiger partial charge in [0.05, 0.1) is 6.10 Å². The van der Waals surface area contributed by atoms with Gasteiger partial charge in [0.25, 0.3) is 0 Å². The quantitative estimate of drug-likeness (QED) is 0.696. The minimum atomic E-state index is -0.711. The lowest BCUT2D eigenvalue weighted by molar-refractivity contribution is -0.139. The summed E-state index contributed by atoms with van der Waals surface area (Å²) in [5, 5.41) is 14.9. The van der Waals surface area contributed by atoms with Crippen molar-refractivity contribution < 1.29 is 24.2 Å². The molecular weight excluding hydrogens is 312 g/mol. The first-order valence-electron chi connectivity index (χ1n) is 7.90. The van der Waals surface area contributed by atoms with E-state index >= 15 is 0 Å². The molecule has 7 nitrogen and oxygen atoms in total. The summed E-state index contributed by atoms with van der Waals surface area (Å²) in [6.45, 7) is 6.39. The third kappa shape index (κ3) is 4.86. The van der Waals surface area contributed by atoms with E-state index in [-0.39, 0.29) is 25.3 Å². The third-order valence-corrected chi connectivity index (χ3v) is 3.80. The van der Waals surface area contributed by atoms with Crippen LogP contribution in [0.15, 0.2) is 18.2 Å². The van der Waals surface area contributed by atoms with Gasteiger partial charge < -0.3 is 25.2 Å². The summed E-state index contributed by atoms with van der Waals surface area (Å²) >= 11 is 0. The van der Waals surface area contributed by atoms with Crippen molar-refractivity contribution in [1.82, 2.24) is 10.6 Å². The molecule has 0 aliphatic carbocycles. The third-order valence-electron chi connectivity index (χ3n) is 3.80. The molecule has 1 aliphatic heterocycles. The molecule has 0 spiro atoms. The molecule has 132 valence electrons. The molecule has 0 aromatic heterocycles. The molecule has 0 saturated carbocycles. The van der Waals surface area contributed by atoms with Crippen molar-refractivity contribution >= 4 is 11.8 Å². The first kappa shape index (κ1) is 18.1. The molecule has 1 heterocycles. The average molecular weight is 336 g/mol. The van der Waals surface area contributed by atoms with Gasteiger partial charge >= 0.3 is 11.8 Å². The maximum atomic E-state index is 11.8. The molecule has 1 aromatic rings. The van der Waals surface area contributed by atoms with Crippen LogP contribution in [0.4, 0.5) is 0 Å². The number of benzene rings is 1. The van der Waals surface area contributed by atoms with Crippen molar-refractivity contribution in [3.05, 3.63) is 23.8 Å². The minimum Gasteiger partial charge on any atom is -0.454 e. The topological polar surface area (TPSA) is 96.9 Å². The van der Waals surface area contributed by atoms with E-state index in [4.69, 9.17) is 9.47 Å². The first-order valence-corrected chi connectivity index (χ1v) is 7.90. The van der Waals surface area contributed by atoms with Gasteiger partial charge in [-0.05, 0) is 29.5 Å². The molecule has 7 heteroatoms. The first-order chi connectivity index (χ1) is 11.3. The Kier molecular flexibility index (Phi) is 5.66. The minimum absolute atomic E-state index is 0.188. The Hall–Kier alpha value is -2.28. The highest BCUT2D eigenvalue weighted by molar-refractivity contribution is 6.35. The smallest absolute Gasteiger partial charge is 0.309 e. The number of fused-ring (bicyclic) bond motifs is 1. The van der Waals surface area contributed by atoms with Crippen LogP contribution in [0.1, 0.15) is 32.8 Å². The number of rotatable bonds is 5. The summed E-state index contributed by atoms with van der Waals surface area (Å²) in [7, 11) is 0. The predicted octanol–water partition coefficient (Wildman–Crippen LogP) is 0.945. The highest BCUT2D eigenvalue weighted by Crippen LogP contribution is 2.32. The van der Waals surface area contributed by atoms with Gasteiger partial charge in [-0.15, -0.1) is 0 Å². The van der Waals surface area contributed by atoms with Gasteiger partial charge in [-0.2, -0.15) is 0 Å². The van der Waals surface area contributed by atoms with Gasteiger partial charge in [-0.25, -0.2) is 0 Å². The second kappa shape index (κ2) is 7.53. The van der Waals surface area contributed by atoms with Crippen LogP contribution in [0.3, 0.4) is 0 Å². The van der Waals surface area contributed by atoms with Crippen LogP contribution in [0, 0.1) is 5.41 Å². The van der Waals surface area contributed by atoms with Gasteiger partial charge in [-0.1, -0.05) is 26.8 Å². The average Bonchev–Trinajstić information content (AvgIpc) is 2.98. The standard InChI is InChI=1S/C17H24N2O5/c1-17(2,3)14(20)6-7-18-15(21)16(22)19-9-11-4-5-12-13(8-11)24-10-23-12/h4-5,8,14,20H,6-7,9-10H2,1-3H3,(H,18,21)(H,19,22)/t14-/m1/s1. The van der Waals surface area contributed by atoms with Gasteiger partial charge in [-0.3, -0.25) is 9.59 Å². The monoisotopic (exact) mass is 336 g/mol. The molecule has 0 radical (unpaired) electrons. The van der Waals surface area contributed by atoms with E-state index in [0.717, 1.165) is 5.56 Å². The van der Waals surface area contributed by atoms with E-state index in [1.54, 1.807) is 18.2 Å². The van der Waals surface area contributed by atoms with Crippen LogP contribution in [0.25, 0.3) is 0 Å². The van der Waals surface area contributed by atoms with Gasteiger partial charge in [0.1, 0.15) is 0 Å². The Bertz CT molecular complexity index is 609. The molecule has 0 saturated heterocycles. The molecule has 0 fully saturated rings. The lowest BCUT2D eigenvalue weighted by atomic mass is 9.87. The largest absolute Gasteiger partial charge is 0.454 e. The lowest BCUT2D eigenvalue weighted by Crippen LogP contribution is -2.41. The summed E-state index contributed by atoms with van der Waals surface area (Å²) < 4.78 is 10.5. The zero-order valence-electron chi connectivity index (χ0n) is 14.2. The maximum Gasteiger partial charge on any atom is 0.309 e. The zero-order chi connectivity index (χ0) is 17.7. The second-order valence-electron chi connectivity index (χ2n) is 6.80. The number of amides is 2. The Morgan fingerprint density at radius 3 is 2.54 bits per heavy atom. The summed E-state index contributed by atoms with van der Waals surface area (Å²) in [4.78, 5) is 23.5. The highest BCUT2D eigenvalue weighted by atomic mass is 16.7. The Labute approximate surface area is 141 Å². The predicted molar refractivity (Wildman–Crippen MR) is 87.5 cm³/mol. The van der Waals surface area contributed by atoms with E-state index < -0.39 is 17.9 Å². The van der Waals surface area contributed by atoms with Gasteiger partial charge in [0.2, 0.25) is 6.79 Å². The van der Waals surface area contributed by atoms with Crippen molar-refractivity contribution in [2.75, 3.05) is 13.3 Å². The number of carbonyl (C=O) groups is 2. The number of hydrogen-bond donors (Lipinski definition) is 3. The number of aliphatic hydroxyl groups excluding tert-OH is 1. The Morgan fingerprint density at radius 2 is 1.83 bits per heavy atom. The molecule has 1 atom stereocenters. The second-order valence-corrected chi connectivity index (χ2v) is 6.80. The lowest BCUT2D eigenvalue weighted by Gasteiger charge is -2.25. The molecule has 0 bridgehead atoms. The number of carbonyl (C=O) groups excluding carboxylic acids is 2. The molecule has 2 amide bonds. The van der Waals surface area contributed by atoms with Crippen LogP contribution in [0.2, 0.25) is 0 Å². The molecular formula is C17H24N2O5. The molecule has 1 aromatic carbocycles. The molecule has 0 unspecified atom stereocenters. The highest BCUT2D eigenvalue weighted by Gasteiger charge is 2.22. The van der Waals surface area contributed by atoms with Crippen LogP contribution >= 0.6 is 0 Å². The summed E-state index contributed by atoms with van der Waals surface area (Å²) in [6.07, 6.45) is -0.153. The van der Waals surface area contributed by atoms with Crippen LogP contribution < -0.4 is 20.1 Å². The maximum absolute atomic E-state index is 11.8. The van der Waals surface area contributed by atoms with Crippen molar-refractivity contribution in [2.24, 2.45) is 5.41 Å². The number of ether oxygens (including phenoxy) is 2. The van der Waals surface area contributed by atoms with Gasteiger partial charge in [0.15, 0.2) is 11.5 Å². The van der Waals surface area contributed by atoms with E-state index in [1.807, 2.05) is 20.8 Å². The fourth-order valence-corrected chi connectivity index (χ4v) is 2.15. The molecule has 1 aliphatic rings. The Morgan fingerprint density at radius 1 is 1.17 bits per heavy atom. The fraction of sp³-hybridized carbons (Fsp3) is 0.529. The van der Waals surface area contributed by atoms with Crippen LogP contribution in [-0.4, -0.2) is 36.4 Å². The number of aliphatic hydroxyl groups is 1. The van der Waals surface area contributed by atoms with Crippen molar-refractivity contribution in [3.63, 3.8) is 0 Å².